The maximum absolute atomic E-state index is 13.9. The summed E-state index contributed by atoms with van der Waals surface area (Å²) in [7, 11) is 0. The number of esters is 1. The van der Waals surface area contributed by atoms with Crippen LogP contribution in [0.15, 0.2) is 63.5 Å². The summed E-state index contributed by atoms with van der Waals surface area (Å²) in [4.78, 5) is 32.1. The Morgan fingerprint density at radius 3 is 2.49 bits per heavy atom. The van der Waals surface area contributed by atoms with E-state index < -0.39 is 12.0 Å². The number of hydrogen-bond acceptors (Lipinski definition) is 6. The fraction of sp³-hybridized carbons (Fsp3) is 0.345. The number of halogens is 1. The van der Waals surface area contributed by atoms with Gasteiger partial charge >= 0.3 is 5.97 Å². The summed E-state index contributed by atoms with van der Waals surface area (Å²) in [5.41, 5.74) is 3.35. The summed E-state index contributed by atoms with van der Waals surface area (Å²) in [5.74, 6) is 0.519. The van der Waals surface area contributed by atoms with Crippen molar-refractivity contribution in [3.8, 4) is 5.75 Å². The zero-order valence-corrected chi connectivity index (χ0v) is 23.4. The predicted molar refractivity (Wildman–Crippen MR) is 148 cm³/mol. The molecular weight excluding hydrogens is 508 g/mol. The quantitative estimate of drug-likeness (QED) is 0.380. The van der Waals surface area contributed by atoms with Crippen LogP contribution in [0, 0.1) is 0 Å². The highest BCUT2D eigenvalue weighted by Crippen LogP contribution is 2.32. The Balaban J connectivity index is 1.94. The second-order valence-electron chi connectivity index (χ2n) is 9.47. The molecule has 0 aliphatic carbocycles. The van der Waals surface area contributed by atoms with Gasteiger partial charge in [0.2, 0.25) is 0 Å². The molecule has 2 heterocycles. The van der Waals surface area contributed by atoms with E-state index in [9.17, 15) is 9.59 Å². The van der Waals surface area contributed by atoms with Gasteiger partial charge in [-0.05, 0) is 69.0 Å². The Kier molecular flexibility index (Phi) is 8.05. The monoisotopic (exact) mass is 538 g/mol. The third kappa shape index (κ3) is 5.58. The Bertz CT molecular complexity index is 1530. The van der Waals surface area contributed by atoms with Gasteiger partial charge in [0, 0.05) is 10.6 Å². The van der Waals surface area contributed by atoms with Crippen LogP contribution in [0.4, 0.5) is 0 Å². The van der Waals surface area contributed by atoms with E-state index in [1.54, 1.807) is 42.7 Å². The lowest BCUT2D eigenvalue weighted by Gasteiger charge is -2.25. The van der Waals surface area contributed by atoms with Crippen molar-refractivity contribution in [3.05, 3.63) is 95.1 Å². The van der Waals surface area contributed by atoms with E-state index in [1.165, 1.54) is 16.9 Å². The van der Waals surface area contributed by atoms with Gasteiger partial charge in [-0.1, -0.05) is 61.1 Å². The number of aromatic nitrogens is 1. The van der Waals surface area contributed by atoms with Gasteiger partial charge in [0.25, 0.3) is 5.56 Å². The fourth-order valence-corrected chi connectivity index (χ4v) is 5.52. The largest absolute Gasteiger partial charge is 0.490 e. The van der Waals surface area contributed by atoms with Crippen molar-refractivity contribution in [3.63, 3.8) is 0 Å². The van der Waals surface area contributed by atoms with Crippen LogP contribution in [0.1, 0.15) is 70.2 Å². The van der Waals surface area contributed by atoms with Crippen LogP contribution in [0.25, 0.3) is 6.08 Å². The average Bonchev–Trinajstić information content (AvgIpc) is 3.14. The number of benzene rings is 2. The number of fused-ring (bicyclic) bond motifs is 1. The number of nitrogens with zero attached hydrogens (tertiary/aromatic N) is 2. The van der Waals surface area contributed by atoms with Crippen molar-refractivity contribution in [2.75, 3.05) is 6.61 Å². The Morgan fingerprint density at radius 2 is 1.86 bits per heavy atom. The molecule has 4 rings (SSSR count). The molecule has 0 saturated heterocycles. The van der Waals surface area contributed by atoms with Crippen LogP contribution >= 0.6 is 22.9 Å². The molecule has 6 nitrogen and oxygen atoms in total. The van der Waals surface area contributed by atoms with Gasteiger partial charge in [-0.15, -0.1) is 0 Å². The van der Waals surface area contributed by atoms with Crippen molar-refractivity contribution in [1.29, 1.82) is 0 Å². The maximum atomic E-state index is 13.9. The molecule has 1 aromatic heterocycles. The lowest BCUT2D eigenvalue weighted by Crippen LogP contribution is -2.40. The van der Waals surface area contributed by atoms with Crippen molar-refractivity contribution in [2.45, 2.75) is 59.6 Å². The molecule has 0 radical (unpaired) electrons. The number of thiazole rings is 1. The van der Waals surface area contributed by atoms with Gasteiger partial charge < -0.3 is 9.47 Å². The minimum absolute atomic E-state index is 0.0434. The number of carbonyl (C=O) groups excluding carboxylic acids is 1. The highest BCUT2D eigenvalue weighted by Gasteiger charge is 2.33. The zero-order valence-electron chi connectivity index (χ0n) is 21.9. The van der Waals surface area contributed by atoms with E-state index in [0.29, 0.717) is 42.9 Å². The Morgan fingerprint density at radius 1 is 1.16 bits per heavy atom. The van der Waals surface area contributed by atoms with Crippen molar-refractivity contribution < 1.29 is 14.3 Å². The number of ether oxygens (including phenoxy) is 2. The van der Waals surface area contributed by atoms with Gasteiger partial charge in [-0.25, -0.2) is 9.79 Å². The molecule has 0 amide bonds. The van der Waals surface area contributed by atoms with Crippen LogP contribution in [0.2, 0.25) is 5.02 Å². The first kappa shape index (κ1) is 26.9. The van der Waals surface area contributed by atoms with Gasteiger partial charge in [0.15, 0.2) is 4.80 Å². The molecule has 2 aromatic carbocycles. The van der Waals surface area contributed by atoms with Crippen molar-refractivity contribution in [1.82, 2.24) is 4.57 Å². The van der Waals surface area contributed by atoms with E-state index in [-0.39, 0.29) is 18.3 Å². The summed E-state index contributed by atoms with van der Waals surface area (Å²) >= 11 is 7.54. The molecular formula is C29H31ClN2O4S. The maximum Gasteiger partial charge on any atom is 0.338 e. The molecule has 3 aromatic rings. The van der Waals surface area contributed by atoms with E-state index in [0.717, 1.165) is 5.56 Å². The highest BCUT2D eigenvalue weighted by atomic mass is 35.5. The first-order valence-corrected chi connectivity index (χ1v) is 13.6. The summed E-state index contributed by atoms with van der Waals surface area (Å²) in [6, 6.07) is 12.7. The number of rotatable bonds is 7. The lowest BCUT2D eigenvalue weighted by molar-refractivity contribution is -0.139. The minimum atomic E-state index is -0.649. The van der Waals surface area contributed by atoms with E-state index >= 15 is 0 Å². The minimum Gasteiger partial charge on any atom is -0.490 e. The summed E-state index contributed by atoms with van der Waals surface area (Å²) in [6.45, 7) is 11.9. The van der Waals surface area contributed by atoms with Crippen LogP contribution in [0.5, 0.6) is 5.75 Å². The molecule has 0 N–H and O–H groups in total. The summed E-state index contributed by atoms with van der Waals surface area (Å²) in [6.07, 6.45) is 1.73. The van der Waals surface area contributed by atoms with Gasteiger partial charge in [-0.2, -0.15) is 0 Å². The second kappa shape index (κ2) is 11.1. The van der Waals surface area contributed by atoms with Gasteiger partial charge in [0.05, 0.1) is 34.6 Å². The fourth-order valence-electron chi connectivity index (χ4n) is 4.30. The highest BCUT2D eigenvalue weighted by molar-refractivity contribution is 7.07. The molecule has 194 valence electrons. The number of hydrogen-bond donors (Lipinski definition) is 0. The molecule has 8 heteroatoms. The average molecular weight is 539 g/mol. The summed E-state index contributed by atoms with van der Waals surface area (Å²) < 4.78 is 13.4. The topological polar surface area (TPSA) is 69.9 Å². The molecule has 0 bridgehead atoms. The first-order chi connectivity index (χ1) is 17.6. The van der Waals surface area contributed by atoms with Crippen LogP contribution < -0.4 is 19.6 Å². The third-order valence-electron chi connectivity index (χ3n) is 6.06. The summed E-state index contributed by atoms with van der Waals surface area (Å²) in [5, 5.41) is 0.540. The smallest absolute Gasteiger partial charge is 0.338 e. The third-order valence-corrected chi connectivity index (χ3v) is 7.28. The van der Waals surface area contributed by atoms with Crippen LogP contribution in [-0.2, 0) is 9.53 Å². The SMILES string of the molecule is CCOC(=O)C1=C(C)N=c2sc(=Cc3cc(Cl)ccc3OC(C)C)c(=O)n2C1c1ccc(C(C)C)cc1. The normalized spacial score (nSPS) is 15.7. The lowest BCUT2D eigenvalue weighted by atomic mass is 9.93. The van der Waals surface area contributed by atoms with Crippen molar-refractivity contribution in [2.24, 2.45) is 4.99 Å². The standard InChI is InChI=1S/C29H31ClN2O4S/c1-7-35-28(34)25-18(6)31-29-32(26(25)20-10-8-19(9-11-20)16(2)3)27(33)24(37-29)15-21-14-22(30)12-13-23(21)36-17(4)5/h8-17,26H,7H2,1-6H3. The predicted octanol–water partition coefficient (Wildman–Crippen LogP) is 5.36. The molecule has 1 unspecified atom stereocenters. The van der Waals surface area contributed by atoms with Gasteiger partial charge in [-0.3, -0.25) is 9.36 Å². The number of allylic oxidation sites excluding steroid dienone is 1. The molecule has 0 fully saturated rings. The van der Waals surface area contributed by atoms with Crippen LogP contribution in [0.3, 0.4) is 0 Å². The van der Waals surface area contributed by atoms with E-state index in [4.69, 9.17) is 21.1 Å². The second-order valence-corrected chi connectivity index (χ2v) is 10.9. The van der Waals surface area contributed by atoms with Crippen LogP contribution in [-0.4, -0.2) is 23.2 Å². The molecule has 1 atom stereocenters. The van der Waals surface area contributed by atoms with Crippen molar-refractivity contribution >= 4 is 35.0 Å². The van der Waals surface area contributed by atoms with E-state index in [1.807, 2.05) is 38.1 Å². The number of carbonyl (C=O) groups is 1. The molecule has 0 spiro atoms. The molecule has 1 aliphatic heterocycles. The van der Waals surface area contributed by atoms with E-state index in [2.05, 4.69) is 18.8 Å². The molecule has 1 aliphatic rings. The molecule has 37 heavy (non-hydrogen) atoms. The zero-order chi connectivity index (χ0) is 26.9. The Hall–Kier alpha value is -3.16. The Labute approximate surface area is 225 Å². The molecule has 0 saturated carbocycles. The first-order valence-electron chi connectivity index (χ1n) is 12.4. The van der Waals surface area contributed by atoms with Gasteiger partial charge in [0.1, 0.15) is 5.75 Å².